The highest BCUT2D eigenvalue weighted by atomic mass is 19.1. The first kappa shape index (κ1) is 12.9. The largest absolute Gasteiger partial charge is 0.384 e. The summed E-state index contributed by atoms with van der Waals surface area (Å²) < 4.78 is 13.3. The highest BCUT2D eigenvalue weighted by Crippen LogP contribution is 2.24. The summed E-state index contributed by atoms with van der Waals surface area (Å²) in [7, 11) is 0. The van der Waals surface area contributed by atoms with Crippen LogP contribution in [0.25, 0.3) is 0 Å². The van der Waals surface area contributed by atoms with Crippen molar-refractivity contribution in [1.29, 1.82) is 0 Å². The SMILES string of the molecule is Cc1ccc(F)cc1CC(=O)c1ccc2c(c1)NCC2. The second-order valence-corrected chi connectivity index (χ2v) is 5.22. The normalized spacial score (nSPS) is 12.9. The van der Waals surface area contributed by atoms with Gasteiger partial charge in [-0.15, -0.1) is 0 Å². The maximum absolute atomic E-state index is 13.3. The lowest BCUT2D eigenvalue weighted by Gasteiger charge is -2.07. The third kappa shape index (κ3) is 2.44. The molecule has 0 unspecified atom stereocenters. The van der Waals surface area contributed by atoms with Crippen LogP contribution in [0, 0.1) is 12.7 Å². The number of anilines is 1. The number of ketones is 1. The quantitative estimate of drug-likeness (QED) is 0.864. The van der Waals surface area contributed by atoms with Gasteiger partial charge in [-0.25, -0.2) is 4.39 Å². The molecule has 1 heterocycles. The Labute approximate surface area is 117 Å². The van der Waals surface area contributed by atoms with Crippen LogP contribution in [0.4, 0.5) is 10.1 Å². The Morgan fingerprint density at radius 2 is 2.10 bits per heavy atom. The molecule has 0 radical (unpaired) electrons. The van der Waals surface area contributed by atoms with Gasteiger partial charge >= 0.3 is 0 Å². The molecule has 2 aromatic carbocycles. The van der Waals surface area contributed by atoms with E-state index in [9.17, 15) is 9.18 Å². The van der Waals surface area contributed by atoms with Gasteiger partial charge in [-0.3, -0.25) is 4.79 Å². The summed E-state index contributed by atoms with van der Waals surface area (Å²) in [5.74, 6) is -0.274. The van der Waals surface area contributed by atoms with Crippen LogP contribution in [0.2, 0.25) is 0 Å². The Kier molecular flexibility index (Phi) is 3.26. The predicted molar refractivity (Wildman–Crippen MR) is 77.8 cm³/mol. The molecule has 0 fully saturated rings. The van der Waals surface area contributed by atoms with E-state index in [1.54, 1.807) is 6.07 Å². The van der Waals surface area contributed by atoms with E-state index in [0.717, 1.165) is 29.8 Å². The summed E-state index contributed by atoms with van der Waals surface area (Å²) in [6.07, 6.45) is 1.25. The number of fused-ring (bicyclic) bond motifs is 1. The molecule has 0 saturated heterocycles. The smallest absolute Gasteiger partial charge is 0.167 e. The second kappa shape index (κ2) is 5.08. The average molecular weight is 269 g/mol. The number of carbonyl (C=O) groups excluding carboxylic acids is 1. The van der Waals surface area contributed by atoms with E-state index in [0.29, 0.717) is 5.56 Å². The van der Waals surface area contributed by atoms with Gasteiger partial charge in [0.05, 0.1) is 0 Å². The van der Waals surface area contributed by atoms with Crippen LogP contribution in [0.1, 0.15) is 27.0 Å². The van der Waals surface area contributed by atoms with E-state index in [2.05, 4.69) is 5.32 Å². The van der Waals surface area contributed by atoms with Crippen molar-refractivity contribution >= 4 is 11.5 Å². The van der Waals surface area contributed by atoms with Gasteiger partial charge < -0.3 is 5.32 Å². The number of hydrogen-bond acceptors (Lipinski definition) is 2. The van der Waals surface area contributed by atoms with Crippen LogP contribution in [0.3, 0.4) is 0 Å². The van der Waals surface area contributed by atoms with Crippen LogP contribution >= 0.6 is 0 Å². The minimum atomic E-state index is -0.297. The first-order valence-electron chi connectivity index (χ1n) is 6.78. The van der Waals surface area contributed by atoms with Crippen molar-refractivity contribution in [3.63, 3.8) is 0 Å². The molecule has 0 saturated carbocycles. The van der Waals surface area contributed by atoms with Gasteiger partial charge in [-0.1, -0.05) is 18.2 Å². The molecule has 0 amide bonds. The van der Waals surface area contributed by atoms with Crippen LogP contribution in [-0.2, 0) is 12.8 Å². The third-order valence-corrected chi connectivity index (χ3v) is 3.80. The maximum atomic E-state index is 13.3. The minimum Gasteiger partial charge on any atom is -0.384 e. The van der Waals surface area contributed by atoms with Crippen LogP contribution < -0.4 is 5.32 Å². The Hall–Kier alpha value is -2.16. The molecule has 1 N–H and O–H groups in total. The number of aryl methyl sites for hydroxylation is 1. The van der Waals surface area contributed by atoms with Crippen molar-refractivity contribution in [2.24, 2.45) is 0 Å². The zero-order chi connectivity index (χ0) is 14.1. The van der Waals surface area contributed by atoms with Crippen LogP contribution in [-0.4, -0.2) is 12.3 Å². The number of hydrogen-bond donors (Lipinski definition) is 1. The third-order valence-electron chi connectivity index (χ3n) is 3.80. The Morgan fingerprint density at radius 1 is 1.25 bits per heavy atom. The number of halogens is 1. The lowest BCUT2D eigenvalue weighted by Crippen LogP contribution is -2.06. The molecule has 1 aliphatic heterocycles. The van der Waals surface area contributed by atoms with Crippen molar-refractivity contribution in [3.05, 3.63) is 64.5 Å². The van der Waals surface area contributed by atoms with E-state index in [1.165, 1.54) is 17.7 Å². The summed E-state index contributed by atoms with van der Waals surface area (Å²) in [5.41, 5.74) is 4.68. The molecule has 3 heteroatoms. The van der Waals surface area contributed by atoms with E-state index in [4.69, 9.17) is 0 Å². The lowest BCUT2D eigenvalue weighted by atomic mass is 9.98. The number of Topliss-reactive ketones (excluding diaryl/α,β-unsaturated/α-hetero) is 1. The minimum absolute atomic E-state index is 0.0233. The van der Waals surface area contributed by atoms with Gasteiger partial charge in [-0.05, 0) is 48.2 Å². The Morgan fingerprint density at radius 3 is 2.95 bits per heavy atom. The molecule has 3 rings (SSSR count). The van der Waals surface area contributed by atoms with Crippen molar-refractivity contribution in [2.45, 2.75) is 19.8 Å². The standard InChI is InChI=1S/C17H16FNO/c1-11-2-5-15(18)8-14(11)10-17(20)13-4-3-12-6-7-19-16(12)9-13/h2-5,8-9,19H,6-7,10H2,1H3. The van der Waals surface area contributed by atoms with Crippen molar-refractivity contribution in [2.75, 3.05) is 11.9 Å². The van der Waals surface area contributed by atoms with Crippen molar-refractivity contribution < 1.29 is 9.18 Å². The topological polar surface area (TPSA) is 29.1 Å². The van der Waals surface area contributed by atoms with E-state index in [-0.39, 0.29) is 18.0 Å². The van der Waals surface area contributed by atoms with E-state index in [1.807, 2.05) is 25.1 Å². The number of carbonyl (C=O) groups is 1. The molecular weight excluding hydrogens is 253 g/mol. The fourth-order valence-electron chi connectivity index (χ4n) is 2.57. The maximum Gasteiger partial charge on any atom is 0.167 e. The summed E-state index contributed by atoms with van der Waals surface area (Å²) in [6, 6.07) is 10.3. The lowest BCUT2D eigenvalue weighted by molar-refractivity contribution is 0.0993. The van der Waals surface area contributed by atoms with Crippen molar-refractivity contribution in [1.82, 2.24) is 0 Å². The number of rotatable bonds is 3. The van der Waals surface area contributed by atoms with Gasteiger partial charge in [0.2, 0.25) is 0 Å². The molecule has 2 nitrogen and oxygen atoms in total. The first-order valence-corrected chi connectivity index (χ1v) is 6.78. The Balaban J connectivity index is 1.84. The molecule has 0 bridgehead atoms. The van der Waals surface area contributed by atoms with E-state index >= 15 is 0 Å². The average Bonchev–Trinajstić information content (AvgIpc) is 2.90. The molecule has 1 aliphatic rings. The van der Waals surface area contributed by atoms with Gasteiger partial charge in [0.15, 0.2) is 5.78 Å². The summed E-state index contributed by atoms with van der Waals surface area (Å²) >= 11 is 0. The first-order chi connectivity index (χ1) is 9.63. The predicted octanol–water partition coefficient (Wildman–Crippen LogP) is 3.53. The van der Waals surface area contributed by atoms with Gasteiger partial charge in [0, 0.05) is 24.2 Å². The summed E-state index contributed by atoms with van der Waals surface area (Å²) in [4.78, 5) is 12.3. The molecule has 0 aliphatic carbocycles. The van der Waals surface area contributed by atoms with Gasteiger partial charge in [0.25, 0.3) is 0 Å². The summed E-state index contributed by atoms with van der Waals surface area (Å²) in [5, 5.41) is 3.27. The monoisotopic (exact) mass is 269 g/mol. The van der Waals surface area contributed by atoms with Gasteiger partial charge in [-0.2, -0.15) is 0 Å². The molecule has 0 aromatic heterocycles. The van der Waals surface area contributed by atoms with E-state index < -0.39 is 0 Å². The van der Waals surface area contributed by atoms with Gasteiger partial charge in [0.1, 0.15) is 5.82 Å². The van der Waals surface area contributed by atoms with Crippen molar-refractivity contribution in [3.8, 4) is 0 Å². The zero-order valence-corrected chi connectivity index (χ0v) is 11.4. The zero-order valence-electron chi connectivity index (χ0n) is 11.4. The van der Waals surface area contributed by atoms with Crippen LogP contribution in [0.5, 0.6) is 0 Å². The fourth-order valence-corrected chi connectivity index (χ4v) is 2.57. The molecule has 0 spiro atoms. The molecular formula is C17H16FNO. The highest BCUT2D eigenvalue weighted by molar-refractivity contribution is 5.98. The molecule has 102 valence electrons. The summed E-state index contributed by atoms with van der Waals surface area (Å²) in [6.45, 7) is 2.82. The Bertz CT molecular complexity index is 679. The number of benzene rings is 2. The molecule has 20 heavy (non-hydrogen) atoms. The van der Waals surface area contributed by atoms with Crippen LogP contribution in [0.15, 0.2) is 36.4 Å². The number of nitrogens with one attached hydrogen (secondary N) is 1. The highest BCUT2D eigenvalue weighted by Gasteiger charge is 2.14. The molecule has 2 aromatic rings. The second-order valence-electron chi connectivity index (χ2n) is 5.22. The fraction of sp³-hybridized carbons (Fsp3) is 0.235. The molecule has 0 atom stereocenters.